The molecule has 0 spiro atoms. The molecule has 5 heteroatoms. The van der Waals surface area contributed by atoms with Crippen LogP contribution in [0.2, 0.25) is 0 Å². The lowest BCUT2D eigenvalue weighted by atomic mass is 10.1. The van der Waals surface area contributed by atoms with Gasteiger partial charge in [0.05, 0.1) is 5.56 Å². The number of nitriles is 1. The molecule has 0 bridgehead atoms. The van der Waals surface area contributed by atoms with Crippen LogP contribution in [0.5, 0.6) is 0 Å². The third-order valence-electron chi connectivity index (χ3n) is 4.14. The van der Waals surface area contributed by atoms with Gasteiger partial charge < -0.3 is 9.73 Å². The van der Waals surface area contributed by atoms with E-state index in [9.17, 15) is 14.4 Å². The fourth-order valence-corrected chi connectivity index (χ4v) is 2.72. The van der Waals surface area contributed by atoms with Crippen LogP contribution in [0.25, 0.3) is 17.4 Å². The van der Waals surface area contributed by atoms with Crippen molar-refractivity contribution in [2.24, 2.45) is 0 Å². The summed E-state index contributed by atoms with van der Waals surface area (Å²) in [6.07, 6.45) is 1.34. The Bertz CT molecular complexity index is 1050. The molecule has 1 amide bonds. The van der Waals surface area contributed by atoms with Gasteiger partial charge in [-0.2, -0.15) is 5.26 Å². The van der Waals surface area contributed by atoms with E-state index < -0.39 is 11.7 Å². The highest BCUT2D eigenvalue weighted by Gasteiger charge is 2.14. The summed E-state index contributed by atoms with van der Waals surface area (Å²) in [6, 6.07) is 17.0. The second-order valence-corrected chi connectivity index (χ2v) is 6.07. The monoisotopic (exact) mass is 360 g/mol. The Morgan fingerprint density at radius 1 is 1.07 bits per heavy atom. The van der Waals surface area contributed by atoms with Crippen molar-refractivity contribution < 1.29 is 13.6 Å². The standard InChI is InChI=1S/C22H17FN2O2/c1-14-6-5-7-15(2)21(14)25-22(26)16(13-24)12-17-10-11-20(27-17)18-8-3-4-9-19(18)23/h3-12H,1-2H3,(H,25,26)/b16-12+. The van der Waals surface area contributed by atoms with E-state index in [4.69, 9.17) is 4.42 Å². The predicted octanol–water partition coefficient (Wildman–Crippen LogP) is 5.25. The molecule has 3 aromatic rings. The van der Waals surface area contributed by atoms with Crippen molar-refractivity contribution in [2.75, 3.05) is 5.32 Å². The van der Waals surface area contributed by atoms with Crippen molar-refractivity contribution in [1.82, 2.24) is 0 Å². The van der Waals surface area contributed by atoms with Crippen molar-refractivity contribution in [2.45, 2.75) is 13.8 Å². The van der Waals surface area contributed by atoms with Gasteiger partial charge in [0, 0.05) is 11.8 Å². The van der Waals surface area contributed by atoms with E-state index in [-0.39, 0.29) is 5.57 Å². The van der Waals surface area contributed by atoms with E-state index in [2.05, 4.69) is 5.32 Å². The second-order valence-electron chi connectivity index (χ2n) is 6.07. The molecular weight excluding hydrogens is 343 g/mol. The average molecular weight is 360 g/mol. The van der Waals surface area contributed by atoms with E-state index in [1.165, 1.54) is 12.1 Å². The van der Waals surface area contributed by atoms with Gasteiger partial charge in [0.25, 0.3) is 5.91 Å². The lowest BCUT2D eigenvalue weighted by molar-refractivity contribution is -0.112. The van der Waals surface area contributed by atoms with Crippen LogP contribution in [0.15, 0.2) is 64.6 Å². The second kappa shape index (κ2) is 7.71. The van der Waals surface area contributed by atoms with Crippen LogP contribution in [0.3, 0.4) is 0 Å². The molecule has 27 heavy (non-hydrogen) atoms. The molecule has 0 fully saturated rings. The Kier molecular flexibility index (Phi) is 5.18. The summed E-state index contributed by atoms with van der Waals surface area (Å²) >= 11 is 0. The molecule has 0 aliphatic heterocycles. The molecule has 0 saturated heterocycles. The number of carbonyl (C=O) groups excluding carboxylic acids is 1. The number of benzene rings is 2. The summed E-state index contributed by atoms with van der Waals surface area (Å²) in [5, 5.41) is 12.1. The zero-order chi connectivity index (χ0) is 19.4. The Hall–Kier alpha value is -3.65. The van der Waals surface area contributed by atoms with Gasteiger partial charge in [0.1, 0.15) is 29.0 Å². The maximum atomic E-state index is 13.9. The summed E-state index contributed by atoms with van der Waals surface area (Å²) in [6.45, 7) is 3.76. The molecule has 1 aromatic heterocycles. The van der Waals surface area contributed by atoms with Crippen LogP contribution < -0.4 is 5.32 Å². The van der Waals surface area contributed by atoms with E-state index >= 15 is 0 Å². The maximum Gasteiger partial charge on any atom is 0.266 e. The van der Waals surface area contributed by atoms with Crippen molar-refractivity contribution in [1.29, 1.82) is 5.26 Å². The van der Waals surface area contributed by atoms with E-state index in [1.54, 1.807) is 30.3 Å². The van der Waals surface area contributed by atoms with Crippen molar-refractivity contribution in [3.63, 3.8) is 0 Å². The number of furan rings is 1. The highest BCUT2D eigenvalue weighted by atomic mass is 19.1. The molecule has 0 radical (unpaired) electrons. The number of para-hydroxylation sites is 1. The maximum absolute atomic E-state index is 13.9. The first kappa shape index (κ1) is 18.2. The fraction of sp³-hybridized carbons (Fsp3) is 0.0909. The number of hydrogen-bond acceptors (Lipinski definition) is 3. The lowest BCUT2D eigenvalue weighted by Crippen LogP contribution is -2.15. The summed E-state index contributed by atoms with van der Waals surface area (Å²) < 4.78 is 19.5. The molecule has 3 rings (SSSR count). The molecular formula is C22H17FN2O2. The largest absolute Gasteiger partial charge is 0.457 e. The third-order valence-corrected chi connectivity index (χ3v) is 4.14. The molecule has 0 aliphatic rings. The minimum atomic E-state index is -0.529. The first-order chi connectivity index (χ1) is 13.0. The minimum Gasteiger partial charge on any atom is -0.457 e. The highest BCUT2D eigenvalue weighted by Crippen LogP contribution is 2.26. The van der Waals surface area contributed by atoms with Gasteiger partial charge >= 0.3 is 0 Å². The number of nitrogens with one attached hydrogen (secondary N) is 1. The number of anilines is 1. The van der Waals surface area contributed by atoms with Crippen molar-refractivity contribution in [3.8, 4) is 17.4 Å². The number of rotatable bonds is 4. The first-order valence-corrected chi connectivity index (χ1v) is 8.33. The Morgan fingerprint density at radius 2 is 1.78 bits per heavy atom. The third kappa shape index (κ3) is 3.96. The summed E-state index contributed by atoms with van der Waals surface area (Å²) in [4.78, 5) is 12.5. The van der Waals surface area contributed by atoms with E-state index in [0.717, 1.165) is 11.1 Å². The van der Waals surface area contributed by atoms with Gasteiger partial charge in [-0.1, -0.05) is 30.3 Å². The Balaban J connectivity index is 1.86. The number of aryl methyl sites for hydroxylation is 2. The van der Waals surface area contributed by atoms with Gasteiger partial charge in [0.15, 0.2) is 0 Å². The molecule has 2 aromatic carbocycles. The van der Waals surface area contributed by atoms with Crippen LogP contribution in [-0.2, 0) is 4.79 Å². The predicted molar refractivity (Wildman–Crippen MR) is 102 cm³/mol. The van der Waals surface area contributed by atoms with Crippen LogP contribution in [-0.4, -0.2) is 5.91 Å². The summed E-state index contributed by atoms with van der Waals surface area (Å²) in [5.41, 5.74) is 2.69. The van der Waals surface area contributed by atoms with Crippen LogP contribution in [0.1, 0.15) is 16.9 Å². The van der Waals surface area contributed by atoms with Gasteiger partial charge in [0.2, 0.25) is 0 Å². The van der Waals surface area contributed by atoms with E-state index in [0.29, 0.717) is 22.8 Å². The van der Waals surface area contributed by atoms with E-state index in [1.807, 2.05) is 38.1 Å². The zero-order valence-corrected chi connectivity index (χ0v) is 14.9. The number of hydrogen-bond donors (Lipinski definition) is 1. The SMILES string of the molecule is Cc1cccc(C)c1NC(=O)/C(C#N)=C/c1ccc(-c2ccccc2F)o1. The molecule has 134 valence electrons. The smallest absolute Gasteiger partial charge is 0.266 e. The summed E-state index contributed by atoms with van der Waals surface area (Å²) in [7, 11) is 0. The molecule has 0 saturated carbocycles. The molecule has 0 atom stereocenters. The van der Waals surface area contributed by atoms with Gasteiger partial charge in [-0.25, -0.2) is 4.39 Å². The zero-order valence-electron chi connectivity index (χ0n) is 14.9. The number of halogens is 1. The van der Waals surface area contributed by atoms with Crippen LogP contribution >= 0.6 is 0 Å². The van der Waals surface area contributed by atoms with Gasteiger partial charge in [-0.3, -0.25) is 4.79 Å². The van der Waals surface area contributed by atoms with Crippen LogP contribution in [0, 0.1) is 31.0 Å². The van der Waals surface area contributed by atoms with Crippen LogP contribution in [0.4, 0.5) is 10.1 Å². The number of amides is 1. The quantitative estimate of drug-likeness (QED) is 0.510. The van der Waals surface area contributed by atoms with Crippen molar-refractivity contribution >= 4 is 17.7 Å². The molecule has 0 aliphatic carbocycles. The minimum absolute atomic E-state index is 0.105. The van der Waals surface area contributed by atoms with Crippen molar-refractivity contribution in [3.05, 3.63) is 82.9 Å². The Morgan fingerprint density at radius 3 is 2.44 bits per heavy atom. The average Bonchev–Trinajstić information content (AvgIpc) is 3.11. The molecule has 1 N–H and O–H groups in total. The first-order valence-electron chi connectivity index (χ1n) is 8.33. The Labute approximate surface area is 156 Å². The molecule has 0 unspecified atom stereocenters. The van der Waals surface area contributed by atoms with Gasteiger partial charge in [-0.15, -0.1) is 0 Å². The highest BCUT2D eigenvalue weighted by molar-refractivity contribution is 6.10. The lowest BCUT2D eigenvalue weighted by Gasteiger charge is -2.10. The molecule has 1 heterocycles. The van der Waals surface area contributed by atoms with Gasteiger partial charge in [-0.05, 0) is 49.2 Å². The fourth-order valence-electron chi connectivity index (χ4n) is 2.72. The normalized spacial score (nSPS) is 11.1. The molecule has 4 nitrogen and oxygen atoms in total. The number of nitrogens with zero attached hydrogens (tertiary/aromatic N) is 1. The number of carbonyl (C=O) groups is 1. The topological polar surface area (TPSA) is 66.0 Å². The summed E-state index contributed by atoms with van der Waals surface area (Å²) in [5.74, 6) is -0.317.